The smallest absolute Gasteiger partial charge is 0.238 e. The van der Waals surface area contributed by atoms with Crippen molar-refractivity contribution in [3.63, 3.8) is 0 Å². The predicted octanol–water partition coefficient (Wildman–Crippen LogP) is 2.64. The van der Waals surface area contributed by atoms with Crippen LogP contribution in [0.15, 0.2) is 18.2 Å². The molecular weight excluding hydrogens is 287 g/mol. The van der Waals surface area contributed by atoms with E-state index in [9.17, 15) is 4.79 Å². The van der Waals surface area contributed by atoms with Gasteiger partial charge in [0, 0.05) is 18.8 Å². The molecule has 0 aliphatic carbocycles. The van der Waals surface area contributed by atoms with E-state index in [1.165, 1.54) is 0 Å². The van der Waals surface area contributed by atoms with E-state index in [4.69, 9.17) is 28.3 Å². The monoisotopic (exact) mass is 304 g/mol. The number of anilines is 1. The van der Waals surface area contributed by atoms with Crippen LogP contribution in [0.4, 0.5) is 5.69 Å². The van der Waals surface area contributed by atoms with Crippen LogP contribution in [-0.4, -0.2) is 42.2 Å². The van der Waals surface area contributed by atoms with Gasteiger partial charge in [-0.25, -0.2) is 0 Å². The molecule has 0 atom stereocenters. The third-order valence-electron chi connectivity index (χ3n) is 2.65. The number of amides is 1. The molecule has 0 bridgehead atoms. The van der Waals surface area contributed by atoms with E-state index < -0.39 is 0 Å². The average molecular weight is 305 g/mol. The molecule has 6 heteroatoms. The second kappa shape index (κ2) is 8.38. The normalized spacial score (nSPS) is 10.8. The average Bonchev–Trinajstić information content (AvgIpc) is 2.38. The summed E-state index contributed by atoms with van der Waals surface area (Å²) in [6.45, 7) is 3.85. The first kappa shape index (κ1) is 16.2. The van der Waals surface area contributed by atoms with Gasteiger partial charge in [-0.1, -0.05) is 30.1 Å². The zero-order chi connectivity index (χ0) is 14.3. The largest absolute Gasteiger partial charge is 0.396 e. The maximum absolute atomic E-state index is 11.8. The number of carbonyl (C=O) groups excluding carboxylic acids is 1. The summed E-state index contributed by atoms with van der Waals surface area (Å²) in [5, 5.41) is 12.4. The highest BCUT2D eigenvalue weighted by Gasteiger charge is 2.09. The number of benzene rings is 1. The lowest BCUT2D eigenvalue weighted by Crippen LogP contribution is -2.34. The Labute approximate surface area is 123 Å². The molecule has 106 valence electrons. The van der Waals surface area contributed by atoms with Crippen molar-refractivity contribution in [3.05, 3.63) is 28.2 Å². The summed E-state index contributed by atoms with van der Waals surface area (Å²) in [6, 6.07) is 4.96. The van der Waals surface area contributed by atoms with Crippen LogP contribution in [0.25, 0.3) is 0 Å². The number of aliphatic hydroxyl groups is 1. The van der Waals surface area contributed by atoms with Gasteiger partial charge in [-0.3, -0.25) is 9.69 Å². The number of halogens is 2. The predicted molar refractivity (Wildman–Crippen MR) is 78.9 cm³/mol. The molecule has 0 saturated heterocycles. The van der Waals surface area contributed by atoms with E-state index in [-0.39, 0.29) is 19.1 Å². The van der Waals surface area contributed by atoms with Gasteiger partial charge < -0.3 is 10.4 Å². The molecule has 4 nitrogen and oxygen atoms in total. The summed E-state index contributed by atoms with van der Waals surface area (Å²) in [5.74, 6) is -0.113. The summed E-state index contributed by atoms with van der Waals surface area (Å²) in [6.07, 6.45) is 0.661. The molecule has 1 aromatic carbocycles. The highest BCUT2D eigenvalue weighted by molar-refractivity contribution is 6.42. The SMILES string of the molecule is CCN(CCCO)CC(=O)Nc1ccc(Cl)c(Cl)c1. The zero-order valence-electron chi connectivity index (χ0n) is 10.8. The molecule has 19 heavy (non-hydrogen) atoms. The van der Waals surface area contributed by atoms with Crippen molar-refractivity contribution < 1.29 is 9.90 Å². The number of aliphatic hydroxyl groups excluding tert-OH is 1. The molecular formula is C13H18Cl2N2O2. The molecule has 1 rings (SSSR count). The number of nitrogens with zero attached hydrogens (tertiary/aromatic N) is 1. The number of nitrogens with one attached hydrogen (secondary N) is 1. The highest BCUT2D eigenvalue weighted by atomic mass is 35.5. The molecule has 0 spiro atoms. The molecule has 1 aromatic rings. The van der Waals surface area contributed by atoms with Crippen molar-refractivity contribution in [2.45, 2.75) is 13.3 Å². The Balaban J connectivity index is 2.51. The van der Waals surface area contributed by atoms with Crippen molar-refractivity contribution in [2.24, 2.45) is 0 Å². The maximum Gasteiger partial charge on any atom is 0.238 e. The topological polar surface area (TPSA) is 52.6 Å². The third kappa shape index (κ3) is 5.78. The molecule has 0 fully saturated rings. The lowest BCUT2D eigenvalue weighted by molar-refractivity contribution is -0.117. The summed E-state index contributed by atoms with van der Waals surface area (Å²) < 4.78 is 0. The number of hydrogen-bond donors (Lipinski definition) is 2. The Morgan fingerprint density at radius 3 is 2.68 bits per heavy atom. The van der Waals surface area contributed by atoms with Crippen LogP contribution in [-0.2, 0) is 4.79 Å². The van der Waals surface area contributed by atoms with E-state index >= 15 is 0 Å². The fourth-order valence-corrected chi connectivity index (χ4v) is 1.92. The summed E-state index contributed by atoms with van der Waals surface area (Å²) in [7, 11) is 0. The Hall–Kier alpha value is -0.810. The Morgan fingerprint density at radius 1 is 1.37 bits per heavy atom. The molecule has 0 saturated carbocycles. The van der Waals surface area contributed by atoms with Gasteiger partial charge in [-0.2, -0.15) is 0 Å². The van der Waals surface area contributed by atoms with Gasteiger partial charge in [-0.05, 0) is 31.2 Å². The molecule has 0 aliphatic rings. The van der Waals surface area contributed by atoms with Gasteiger partial charge >= 0.3 is 0 Å². The Kier molecular flexibility index (Phi) is 7.16. The summed E-state index contributed by atoms with van der Waals surface area (Å²) >= 11 is 11.7. The number of rotatable bonds is 7. The van der Waals surface area contributed by atoms with Crippen LogP contribution >= 0.6 is 23.2 Å². The minimum absolute atomic E-state index is 0.113. The number of carbonyl (C=O) groups is 1. The van der Waals surface area contributed by atoms with E-state index in [0.29, 0.717) is 28.7 Å². The van der Waals surface area contributed by atoms with Crippen LogP contribution in [0.3, 0.4) is 0 Å². The van der Waals surface area contributed by atoms with Gasteiger partial charge in [0.2, 0.25) is 5.91 Å². The molecule has 1 amide bonds. The number of hydrogen-bond acceptors (Lipinski definition) is 3. The van der Waals surface area contributed by atoms with Gasteiger partial charge in [0.25, 0.3) is 0 Å². The molecule has 0 unspecified atom stereocenters. The minimum Gasteiger partial charge on any atom is -0.396 e. The van der Waals surface area contributed by atoms with Gasteiger partial charge in [0.15, 0.2) is 0 Å². The van der Waals surface area contributed by atoms with E-state index in [0.717, 1.165) is 6.54 Å². The zero-order valence-corrected chi connectivity index (χ0v) is 12.3. The van der Waals surface area contributed by atoms with Crippen LogP contribution < -0.4 is 5.32 Å². The van der Waals surface area contributed by atoms with Gasteiger partial charge in [0.05, 0.1) is 16.6 Å². The van der Waals surface area contributed by atoms with Crippen molar-refractivity contribution in [2.75, 3.05) is 31.6 Å². The number of likely N-dealkylation sites (N-methyl/N-ethyl adjacent to an activating group) is 1. The molecule has 0 aromatic heterocycles. The molecule has 0 aliphatic heterocycles. The van der Waals surface area contributed by atoms with Crippen molar-refractivity contribution in [1.29, 1.82) is 0 Å². The van der Waals surface area contributed by atoms with E-state index in [2.05, 4.69) is 5.32 Å². The van der Waals surface area contributed by atoms with Crippen LogP contribution in [0.2, 0.25) is 10.0 Å². The second-order valence-corrected chi connectivity index (χ2v) is 4.94. The Bertz CT molecular complexity index is 427. The van der Waals surface area contributed by atoms with Crippen molar-refractivity contribution >= 4 is 34.8 Å². The highest BCUT2D eigenvalue weighted by Crippen LogP contribution is 2.24. The van der Waals surface area contributed by atoms with Crippen LogP contribution in [0.5, 0.6) is 0 Å². The van der Waals surface area contributed by atoms with Gasteiger partial charge in [-0.15, -0.1) is 0 Å². The van der Waals surface area contributed by atoms with Crippen molar-refractivity contribution in [3.8, 4) is 0 Å². The summed E-state index contributed by atoms with van der Waals surface area (Å²) in [5.41, 5.74) is 0.623. The van der Waals surface area contributed by atoms with E-state index in [1.54, 1.807) is 18.2 Å². The van der Waals surface area contributed by atoms with Gasteiger partial charge in [0.1, 0.15) is 0 Å². The molecule has 0 heterocycles. The quantitative estimate of drug-likeness (QED) is 0.814. The molecule has 0 radical (unpaired) electrons. The second-order valence-electron chi connectivity index (χ2n) is 4.12. The van der Waals surface area contributed by atoms with E-state index in [1.807, 2.05) is 11.8 Å². The first-order valence-electron chi connectivity index (χ1n) is 6.15. The lowest BCUT2D eigenvalue weighted by atomic mass is 10.3. The fraction of sp³-hybridized carbons (Fsp3) is 0.462. The Morgan fingerprint density at radius 2 is 2.11 bits per heavy atom. The maximum atomic E-state index is 11.8. The first-order chi connectivity index (χ1) is 9.06. The molecule has 2 N–H and O–H groups in total. The lowest BCUT2D eigenvalue weighted by Gasteiger charge is -2.19. The summed E-state index contributed by atoms with van der Waals surface area (Å²) in [4.78, 5) is 13.8. The van der Waals surface area contributed by atoms with Crippen LogP contribution in [0, 0.1) is 0 Å². The fourth-order valence-electron chi connectivity index (χ4n) is 1.62. The standard InChI is InChI=1S/C13H18Cl2N2O2/c1-2-17(6-3-7-18)9-13(19)16-10-4-5-11(14)12(15)8-10/h4-5,8,18H,2-3,6-7,9H2,1H3,(H,16,19). The van der Waals surface area contributed by atoms with Crippen LogP contribution in [0.1, 0.15) is 13.3 Å². The minimum atomic E-state index is -0.113. The van der Waals surface area contributed by atoms with Crippen molar-refractivity contribution in [1.82, 2.24) is 4.90 Å². The first-order valence-corrected chi connectivity index (χ1v) is 6.90. The third-order valence-corrected chi connectivity index (χ3v) is 3.39.